The Bertz CT molecular complexity index is 363. The minimum atomic E-state index is -0.0610. The lowest BCUT2D eigenvalue weighted by atomic mass is 10.1. The second-order valence-electron chi connectivity index (χ2n) is 3.86. The van der Waals surface area contributed by atoms with Gasteiger partial charge in [-0.15, -0.1) is 11.3 Å². The van der Waals surface area contributed by atoms with E-state index in [1.807, 2.05) is 17.1 Å². The van der Waals surface area contributed by atoms with E-state index in [0.717, 1.165) is 30.5 Å². The average molecular weight is 257 g/mol. The van der Waals surface area contributed by atoms with Gasteiger partial charge in [0.1, 0.15) is 0 Å². The van der Waals surface area contributed by atoms with Crippen molar-refractivity contribution in [2.45, 2.75) is 12.7 Å². The fourth-order valence-corrected chi connectivity index (χ4v) is 3.28. The third-order valence-electron chi connectivity index (χ3n) is 2.30. The van der Waals surface area contributed by atoms with Gasteiger partial charge in [0.2, 0.25) is 5.91 Å². The molecular formula is C10H15N3OS2. The van der Waals surface area contributed by atoms with Crippen LogP contribution in [0.5, 0.6) is 0 Å². The molecular weight excluding hydrogens is 242 g/mol. The number of nitrogens with zero attached hydrogens (tertiary/aromatic N) is 1. The van der Waals surface area contributed by atoms with E-state index in [1.165, 1.54) is 24.0 Å². The number of carbonyl (C=O) groups is 1. The van der Waals surface area contributed by atoms with Crippen LogP contribution in [0, 0.1) is 5.92 Å². The third kappa shape index (κ3) is 3.47. The van der Waals surface area contributed by atoms with E-state index in [-0.39, 0.29) is 5.91 Å². The van der Waals surface area contributed by atoms with Crippen molar-refractivity contribution in [2.24, 2.45) is 5.92 Å². The number of anilines is 1. The normalized spacial score (nSPS) is 15.8. The summed E-state index contributed by atoms with van der Waals surface area (Å²) in [6.45, 7) is 3.81. The Morgan fingerprint density at radius 1 is 1.75 bits per heavy atom. The number of nitrogens with one attached hydrogen (secondary N) is 2. The zero-order valence-electron chi connectivity index (χ0n) is 9.16. The van der Waals surface area contributed by atoms with Crippen molar-refractivity contribution in [3.05, 3.63) is 11.1 Å². The molecule has 2 rings (SSSR count). The van der Waals surface area contributed by atoms with Gasteiger partial charge in [-0.2, -0.15) is 11.8 Å². The van der Waals surface area contributed by atoms with Crippen molar-refractivity contribution in [3.63, 3.8) is 0 Å². The topological polar surface area (TPSA) is 54.0 Å². The molecule has 2 heterocycles. The molecule has 0 unspecified atom stereocenters. The first-order valence-corrected chi connectivity index (χ1v) is 7.28. The summed E-state index contributed by atoms with van der Waals surface area (Å²) in [6, 6.07) is 0. The maximum atomic E-state index is 10.8. The first kappa shape index (κ1) is 11.9. The van der Waals surface area contributed by atoms with Gasteiger partial charge < -0.3 is 10.6 Å². The Labute approximate surface area is 103 Å². The van der Waals surface area contributed by atoms with E-state index in [0.29, 0.717) is 5.13 Å². The van der Waals surface area contributed by atoms with Crippen molar-refractivity contribution >= 4 is 34.1 Å². The number of rotatable bonds is 5. The van der Waals surface area contributed by atoms with E-state index in [2.05, 4.69) is 15.6 Å². The maximum Gasteiger partial charge on any atom is 0.223 e. The Morgan fingerprint density at radius 2 is 2.56 bits per heavy atom. The van der Waals surface area contributed by atoms with Crippen molar-refractivity contribution in [1.82, 2.24) is 10.3 Å². The first-order chi connectivity index (χ1) is 7.74. The van der Waals surface area contributed by atoms with Crippen LogP contribution in [0.25, 0.3) is 0 Å². The lowest BCUT2D eigenvalue weighted by Crippen LogP contribution is -2.43. The van der Waals surface area contributed by atoms with Crippen LogP contribution in [-0.2, 0) is 10.5 Å². The molecule has 1 aliphatic heterocycles. The Kier molecular flexibility index (Phi) is 4.20. The van der Waals surface area contributed by atoms with Crippen LogP contribution in [0.2, 0.25) is 0 Å². The Balaban J connectivity index is 1.71. The van der Waals surface area contributed by atoms with Crippen molar-refractivity contribution in [1.29, 1.82) is 0 Å². The molecule has 1 amide bonds. The average Bonchev–Trinajstić information content (AvgIpc) is 2.56. The molecule has 0 aliphatic carbocycles. The SMILES string of the molecule is CC(=O)Nc1nc(CSCC2CNC2)cs1. The zero-order valence-corrected chi connectivity index (χ0v) is 10.8. The molecule has 1 fully saturated rings. The van der Waals surface area contributed by atoms with Crippen LogP contribution in [-0.4, -0.2) is 29.7 Å². The van der Waals surface area contributed by atoms with Crippen LogP contribution in [0.3, 0.4) is 0 Å². The van der Waals surface area contributed by atoms with Gasteiger partial charge in [0.05, 0.1) is 5.69 Å². The molecule has 1 aromatic heterocycles. The van der Waals surface area contributed by atoms with Crippen molar-refractivity contribution < 1.29 is 4.79 Å². The predicted octanol–water partition coefficient (Wildman–Crippen LogP) is 1.55. The molecule has 0 aromatic carbocycles. The lowest BCUT2D eigenvalue weighted by Gasteiger charge is -2.26. The smallest absolute Gasteiger partial charge is 0.223 e. The molecule has 0 saturated carbocycles. The lowest BCUT2D eigenvalue weighted by molar-refractivity contribution is -0.114. The van der Waals surface area contributed by atoms with Gasteiger partial charge in [0, 0.05) is 18.1 Å². The van der Waals surface area contributed by atoms with Gasteiger partial charge in [0.25, 0.3) is 0 Å². The minimum Gasteiger partial charge on any atom is -0.316 e. The standard InChI is InChI=1S/C10H15N3OS2/c1-7(14)12-10-13-9(6-16-10)5-15-4-8-2-11-3-8/h6,8,11H,2-5H2,1H3,(H,12,13,14). The Morgan fingerprint density at radius 3 is 3.19 bits per heavy atom. The zero-order chi connectivity index (χ0) is 11.4. The molecule has 1 aliphatic rings. The molecule has 0 spiro atoms. The summed E-state index contributed by atoms with van der Waals surface area (Å²) in [4.78, 5) is 15.2. The van der Waals surface area contributed by atoms with Crippen LogP contribution >= 0.6 is 23.1 Å². The van der Waals surface area contributed by atoms with Crippen LogP contribution in [0.4, 0.5) is 5.13 Å². The summed E-state index contributed by atoms with van der Waals surface area (Å²) in [6.07, 6.45) is 0. The fraction of sp³-hybridized carbons (Fsp3) is 0.600. The number of hydrogen-bond donors (Lipinski definition) is 2. The number of thioether (sulfide) groups is 1. The second kappa shape index (κ2) is 5.65. The highest BCUT2D eigenvalue weighted by Gasteiger charge is 2.16. The third-order valence-corrected chi connectivity index (χ3v) is 4.32. The number of hydrogen-bond acceptors (Lipinski definition) is 5. The van der Waals surface area contributed by atoms with Gasteiger partial charge in [-0.1, -0.05) is 0 Å². The number of amides is 1. The molecule has 2 N–H and O–H groups in total. The van der Waals surface area contributed by atoms with Crippen LogP contribution in [0.1, 0.15) is 12.6 Å². The van der Waals surface area contributed by atoms with E-state index < -0.39 is 0 Å². The molecule has 88 valence electrons. The molecule has 4 nitrogen and oxygen atoms in total. The van der Waals surface area contributed by atoms with E-state index in [4.69, 9.17) is 0 Å². The summed E-state index contributed by atoms with van der Waals surface area (Å²) in [5, 5.41) is 8.67. The largest absolute Gasteiger partial charge is 0.316 e. The molecule has 0 bridgehead atoms. The van der Waals surface area contributed by atoms with Crippen molar-refractivity contribution in [2.75, 3.05) is 24.2 Å². The van der Waals surface area contributed by atoms with Gasteiger partial charge in [-0.3, -0.25) is 4.79 Å². The fourth-order valence-electron chi connectivity index (χ4n) is 1.38. The predicted molar refractivity (Wildman–Crippen MR) is 68.9 cm³/mol. The second-order valence-corrected chi connectivity index (χ2v) is 5.75. The first-order valence-electron chi connectivity index (χ1n) is 5.24. The minimum absolute atomic E-state index is 0.0610. The number of thiazole rings is 1. The Hall–Kier alpha value is -0.590. The van der Waals surface area contributed by atoms with E-state index in [1.54, 1.807) is 0 Å². The molecule has 1 aromatic rings. The highest BCUT2D eigenvalue weighted by atomic mass is 32.2. The van der Waals surface area contributed by atoms with Crippen molar-refractivity contribution in [3.8, 4) is 0 Å². The summed E-state index contributed by atoms with van der Waals surface area (Å²) in [5.41, 5.74) is 1.06. The molecule has 1 saturated heterocycles. The maximum absolute atomic E-state index is 10.8. The van der Waals surface area contributed by atoms with Crippen LogP contribution in [0.15, 0.2) is 5.38 Å². The quantitative estimate of drug-likeness (QED) is 0.840. The highest BCUT2D eigenvalue weighted by molar-refractivity contribution is 7.98. The monoisotopic (exact) mass is 257 g/mol. The molecule has 0 atom stereocenters. The molecule has 6 heteroatoms. The summed E-state index contributed by atoms with van der Waals surface area (Å²) >= 11 is 3.40. The summed E-state index contributed by atoms with van der Waals surface area (Å²) < 4.78 is 0. The van der Waals surface area contributed by atoms with E-state index >= 15 is 0 Å². The number of aromatic nitrogens is 1. The van der Waals surface area contributed by atoms with Gasteiger partial charge in [0.15, 0.2) is 5.13 Å². The van der Waals surface area contributed by atoms with Gasteiger partial charge in [-0.25, -0.2) is 4.98 Å². The van der Waals surface area contributed by atoms with Gasteiger partial charge in [-0.05, 0) is 24.8 Å². The summed E-state index contributed by atoms with van der Waals surface area (Å²) in [5.74, 6) is 2.90. The molecule has 16 heavy (non-hydrogen) atoms. The number of carbonyl (C=O) groups excluding carboxylic acids is 1. The molecule has 0 radical (unpaired) electrons. The summed E-state index contributed by atoms with van der Waals surface area (Å²) in [7, 11) is 0. The highest BCUT2D eigenvalue weighted by Crippen LogP contribution is 2.21. The van der Waals surface area contributed by atoms with E-state index in [9.17, 15) is 4.79 Å². The van der Waals surface area contributed by atoms with Crippen LogP contribution < -0.4 is 10.6 Å². The van der Waals surface area contributed by atoms with Gasteiger partial charge >= 0.3 is 0 Å².